The summed E-state index contributed by atoms with van der Waals surface area (Å²) in [5.74, 6) is 0.718. The fraction of sp³-hybridized carbons (Fsp3) is 0.474. The second-order valence-corrected chi connectivity index (χ2v) is 9.10. The Morgan fingerprint density at radius 2 is 1.96 bits per heavy atom. The van der Waals surface area contributed by atoms with Crippen LogP contribution in [0.25, 0.3) is 0 Å². The smallest absolute Gasteiger partial charge is 0.268 e. The highest BCUT2D eigenvalue weighted by atomic mass is 35.5. The topological polar surface area (TPSA) is 47.4 Å². The van der Waals surface area contributed by atoms with Crippen LogP contribution in [0.3, 0.4) is 0 Å². The molecule has 0 saturated carbocycles. The monoisotopic (exact) mass is 425 g/mol. The lowest BCUT2D eigenvalue weighted by molar-refractivity contribution is 0.133. The number of piperidine rings is 1. The molecule has 2 saturated heterocycles. The molecular formula is C19H21Cl2N3O2S. The van der Waals surface area contributed by atoms with Gasteiger partial charge in [-0.2, -0.15) is 0 Å². The molecule has 2 fully saturated rings. The van der Waals surface area contributed by atoms with Crippen molar-refractivity contribution in [2.45, 2.75) is 29.1 Å². The van der Waals surface area contributed by atoms with Gasteiger partial charge in [0.2, 0.25) is 5.95 Å². The zero-order valence-electron chi connectivity index (χ0n) is 15.1. The number of nitrogens with zero attached hydrogens (tertiary/aromatic N) is 3. The molecule has 0 unspecified atom stereocenters. The quantitative estimate of drug-likeness (QED) is 0.735. The first kappa shape index (κ1) is 19.1. The number of aromatic nitrogens is 2. The van der Waals surface area contributed by atoms with Gasteiger partial charge in [-0.3, -0.25) is 9.36 Å². The van der Waals surface area contributed by atoms with Crippen molar-refractivity contribution in [2.75, 3.05) is 31.2 Å². The predicted molar refractivity (Wildman–Crippen MR) is 109 cm³/mol. The van der Waals surface area contributed by atoms with Crippen LogP contribution in [-0.4, -0.2) is 35.9 Å². The van der Waals surface area contributed by atoms with E-state index in [-0.39, 0.29) is 5.56 Å². The summed E-state index contributed by atoms with van der Waals surface area (Å²) in [6, 6.07) is 5.39. The average Bonchev–Trinajstić information content (AvgIpc) is 3.12. The first-order chi connectivity index (χ1) is 13.0. The first-order valence-electron chi connectivity index (χ1n) is 9.00. The maximum atomic E-state index is 12.9. The van der Waals surface area contributed by atoms with E-state index in [1.165, 1.54) is 11.8 Å². The zero-order chi connectivity index (χ0) is 19.0. The number of benzene rings is 1. The Hall–Kier alpha value is -1.21. The van der Waals surface area contributed by atoms with Crippen LogP contribution in [-0.2, 0) is 11.8 Å². The standard InChI is InChI=1S/C19H21Cl2N3O2S/c1-23-17(25)15(27-14-4-2-3-13(20)16(14)21)11-22-18(23)24-8-5-19(6-9-24)7-10-26-12-19/h2-4,11H,5-10,12H2,1H3. The third-order valence-electron chi connectivity index (χ3n) is 5.54. The number of halogens is 2. The Kier molecular flexibility index (Phi) is 5.43. The summed E-state index contributed by atoms with van der Waals surface area (Å²) >= 11 is 13.6. The molecule has 2 aliphatic heterocycles. The third kappa shape index (κ3) is 3.73. The molecule has 2 aliphatic rings. The Labute approximate surface area is 172 Å². The van der Waals surface area contributed by atoms with Crippen molar-refractivity contribution in [1.29, 1.82) is 0 Å². The molecule has 27 heavy (non-hydrogen) atoms. The Morgan fingerprint density at radius 3 is 2.67 bits per heavy atom. The Balaban J connectivity index is 1.54. The molecule has 1 spiro atoms. The van der Waals surface area contributed by atoms with E-state index in [1.54, 1.807) is 23.9 Å². The van der Waals surface area contributed by atoms with Gasteiger partial charge in [-0.05, 0) is 36.8 Å². The first-order valence-corrected chi connectivity index (χ1v) is 10.6. The van der Waals surface area contributed by atoms with Crippen molar-refractivity contribution in [3.8, 4) is 0 Å². The summed E-state index contributed by atoms with van der Waals surface area (Å²) in [4.78, 5) is 20.9. The highest BCUT2D eigenvalue weighted by molar-refractivity contribution is 7.99. The van der Waals surface area contributed by atoms with Gasteiger partial charge in [-0.15, -0.1) is 0 Å². The average molecular weight is 426 g/mol. The summed E-state index contributed by atoms with van der Waals surface area (Å²) in [7, 11) is 1.78. The van der Waals surface area contributed by atoms with E-state index in [2.05, 4.69) is 9.88 Å². The fourth-order valence-electron chi connectivity index (χ4n) is 3.78. The van der Waals surface area contributed by atoms with E-state index in [0.717, 1.165) is 56.4 Å². The molecule has 2 aromatic rings. The minimum atomic E-state index is -0.0782. The van der Waals surface area contributed by atoms with Crippen molar-refractivity contribution in [1.82, 2.24) is 9.55 Å². The van der Waals surface area contributed by atoms with E-state index < -0.39 is 0 Å². The van der Waals surface area contributed by atoms with Gasteiger partial charge in [0.1, 0.15) is 0 Å². The Morgan fingerprint density at radius 1 is 1.19 bits per heavy atom. The van der Waals surface area contributed by atoms with Gasteiger partial charge in [-0.25, -0.2) is 4.98 Å². The summed E-state index contributed by atoms with van der Waals surface area (Å²) in [6.07, 6.45) is 4.95. The van der Waals surface area contributed by atoms with Crippen LogP contribution in [0, 0.1) is 5.41 Å². The molecule has 4 rings (SSSR count). The molecule has 5 nitrogen and oxygen atoms in total. The number of ether oxygens (including phenoxy) is 1. The van der Waals surface area contributed by atoms with Gasteiger partial charge < -0.3 is 9.64 Å². The van der Waals surface area contributed by atoms with Crippen LogP contribution >= 0.6 is 35.0 Å². The SMILES string of the molecule is Cn1c(N2CCC3(CCOC3)CC2)ncc(Sc2cccc(Cl)c2Cl)c1=O. The van der Waals surface area contributed by atoms with E-state index in [0.29, 0.717) is 20.4 Å². The van der Waals surface area contributed by atoms with Gasteiger partial charge in [0.25, 0.3) is 5.56 Å². The molecule has 3 heterocycles. The summed E-state index contributed by atoms with van der Waals surface area (Å²) in [5, 5.41) is 0.927. The molecule has 0 N–H and O–H groups in total. The van der Waals surface area contributed by atoms with E-state index >= 15 is 0 Å². The number of rotatable bonds is 3. The largest absolute Gasteiger partial charge is 0.381 e. The zero-order valence-corrected chi connectivity index (χ0v) is 17.4. The molecule has 144 valence electrons. The van der Waals surface area contributed by atoms with Crippen molar-refractivity contribution in [2.24, 2.45) is 12.5 Å². The summed E-state index contributed by atoms with van der Waals surface area (Å²) in [5.41, 5.74) is 0.250. The second-order valence-electron chi connectivity index (χ2n) is 7.23. The lowest BCUT2D eigenvalue weighted by Crippen LogP contribution is -2.43. The lowest BCUT2D eigenvalue weighted by Gasteiger charge is -2.39. The van der Waals surface area contributed by atoms with Crippen LogP contribution in [0.1, 0.15) is 19.3 Å². The van der Waals surface area contributed by atoms with Crippen molar-refractivity contribution in [3.63, 3.8) is 0 Å². The molecule has 0 amide bonds. The number of anilines is 1. The van der Waals surface area contributed by atoms with Gasteiger partial charge in [0.15, 0.2) is 0 Å². The van der Waals surface area contributed by atoms with Crippen LogP contribution in [0.5, 0.6) is 0 Å². The summed E-state index contributed by atoms with van der Waals surface area (Å²) in [6.45, 7) is 3.53. The number of hydrogen-bond donors (Lipinski definition) is 0. The van der Waals surface area contributed by atoms with Gasteiger partial charge in [0, 0.05) is 31.6 Å². The van der Waals surface area contributed by atoms with Crippen molar-refractivity contribution < 1.29 is 4.74 Å². The van der Waals surface area contributed by atoms with Crippen molar-refractivity contribution in [3.05, 3.63) is 44.8 Å². The minimum absolute atomic E-state index is 0.0782. The van der Waals surface area contributed by atoms with E-state index in [9.17, 15) is 4.79 Å². The van der Waals surface area contributed by atoms with Crippen LogP contribution in [0.15, 0.2) is 39.0 Å². The van der Waals surface area contributed by atoms with Crippen LogP contribution in [0.2, 0.25) is 10.0 Å². The van der Waals surface area contributed by atoms with Gasteiger partial charge in [-0.1, -0.05) is 41.0 Å². The van der Waals surface area contributed by atoms with Crippen molar-refractivity contribution >= 4 is 40.9 Å². The molecule has 1 aromatic heterocycles. The maximum Gasteiger partial charge on any atom is 0.268 e. The predicted octanol–water partition coefficient (Wildman–Crippen LogP) is 4.25. The van der Waals surface area contributed by atoms with Gasteiger partial charge in [0.05, 0.1) is 27.7 Å². The Bertz CT molecular complexity index is 902. The molecule has 0 atom stereocenters. The molecule has 0 bridgehead atoms. The van der Waals surface area contributed by atoms with Crippen LogP contribution in [0.4, 0.5) is 5.95 Å². The highest BCUT2D eigenvalue weighted by Gasteiger charge is 2.38. The highest BCUT2D eigenvalue weighted by Crippen LogP contribution is 2.40. The third-order valence-corrected chi connectivity index (χ3v) is 7.53. The normalized spacial score (nSPS) is 19.0. The minimum Gasteiger partial charge on any atom is -0.381 e. The van der Waals surface area contributed by atoms with Crippen LogP contribution < -0.4 is 10.5 Å². The summed E-state index contributed by atoms with van der Waals surface area (Å²) < 4.78 is 7.23. The molecule has 1 aromatic carbocycles. The number of hydrogen-bond acceptors (Lipinski definition) is 5. The molecule has 0 aliphatic carbocycles. The maximum absolute atomic E-state index is 12.9. The molecular weight excluding hydrogens is 405 g/mol. The molecule has 8 heteroatoms. The van der Waals surface area contributed by atoms with Gasteiger partial charge >= 0.3 is 0 Å². The lowest BCUT2D eigenvalue weighted by atomic mass is 9.78. The fourth-order valence-corrected chi connectivity index (χ4v) is 5.17. The second kappa shape index (κ2) is 7.66. The van der Waals surface area contributed by atoms with E-state index in [1.807, 2.05) is 12.1 Å². The van der Waals surface area contributed by atoms with E-state index in [4.69, 9.17) is 27.9 Å². The molecule has 0 radical (unpaired) electrons.